The highest BCUT2D eigenvalue weighted by atomic mass is 35.5. The summed E-state index contributed by atoms with van der Waals surface area (Å²) in [5.41, 5.74) is 3.59. The van der Waals surface area contributed by atoms with E-state index in [1.54, 1.807) is 30.4 Å². The first kappa shape index (κ1) is 19.5. The standard InChI is InChI=1S/C23H16ClN3O3/c24-18-7-3-6-17(13-18)15-30-23-22(25-20-9-1-2-10-21(20)26-23)12-11-16-5-4-8-19(14-16)27(28)29/h1-14H,15H2. The van der Waals surface area contributed by atoms with E-state index in [1.165, 1.54) is 12.1 Å². The quantitative estimate of drug-likeness (QED) is 0.286. The molecule has 0 aliphatic heterocycles. The van der Waals surface area contributed by atoms with Crippen LogP contribution in [0.5, 0.6) is 5.88 Å². The van der Waals surface area contributed by atoms with Gasteiger partial charge in [-0.1, -0.05) is 54.1 Å². The summed E-state index contributed by atoms with van der Waals surface area (Å²) in [6.45, 7) is 0.283. The predicted molar refractivity (Wildman–Crippen MR) is 117 cm³/mol. The third kappa shape index (κ3) is 4.61. The fourth-order valence-corrected chi connectivity index (χ4v) is 3.12. The highest BCUT2D eigenvalue weighted by molar-refractivity contribution is 6.30. The van der Waals surface area contributed by atoms with Crippen molar-refractivity contribution in [3.63, 3.8) is 0 Å². The Hall–Kier alpha value is -3.77. The average Bonchev–Trinajstić information content (AvgIpc) is 2.76. The van der Waals surface area contributed by atoms with Gasteiger partial charge in [0.1, 0.15) is 12.3 Å². The maximum Gasteiger partial charge on any atom is 0.270 e. The summed E-state index contributed by atoms with van der Waals surface area (Å²) in [4.78, 5) is 19.8. The Morgan fingerprint density at radius 3 is 2.47 bits per heavy atom. The molecule has 0 fully saturated rings. The van der Waals surface area contributed by atoms with Crippen LogP contribution < -0.4 is 4.74 Å². The van der Waals surface area contributed by atoms with Crippen LogP contribution in [0.15, 0.2) is 72.8 Å². The Balaban J connectivity index is 1.67. The molecule has 148 valence electrons. The molecule has 0 radical (unpaired) electrons. The van der Waals surface area contributed by atoms with Crippen LogP contribution in [-0.4, -0.2) is 14.9 Å². The summed E-state index contributed by atoms with van der Waals surface area (Å²) in [7, 11) is 0. The molecule has 0 N–H and O–H groups in total. The summed E-state index contributed by atoms with van der Waals surface area (Å²) >= 11 is 6.05. The van der Waals surface area contributed by atoms with Gasteiger partial charge in [0.05, 0.1) is 16.0 Å². The van der Waals surface area contributed by atoms with Gasteiger partial charge in [-0.25, -0.2) is 9.97 Å². The summed E-state index contributed by atoms with van der Waals surface area (Å²) in [6.07, 6.45) is 3.49. The van der Waals surface area contributed by atoms with Gasteiger partial charge < -0.3 is 4.74 Å². The molecule has 0 saturated heterocycles. The Labute approximate surface area is 177 Å². The second-order valence-electron chi connectivity index (χ2n) is 6.51. The zero-order chi connectivity index (χ0) is 20.9. The van der Waals surface area contributed by atoms with Crippen molar-refractivity contribution in [1.29, 1.82) is 0 Å². The van der Waals surface area contributed by atoms with Crippen molar-refractivity contribution >= 4 is 40.5 Å². The van der Waals surface area contributed by atoms with E-state index < -0.39 is 4.92 Å². The maximum atomic E-state index is 11.0. The van der Waals surface area contributed by atoms with Crippen LogP contribution in [0.3, 0.4) is 0 Å². The number of nitro groups is 1. The summed E-state index contributed by atoms with van der Waals surface area (Å²) in [6, 6.07) is 21.3. The molecule has 3 aromatic carbocycles. The number of nitro benzene ring substituents is 1. The van der Waals surface area contributed by atoms with Crippen LogP contribution in [0.4, 0.5) is 5.69 Å². The topological polar surface area (TPSA) is 78.2 Å². The van der Waals surface area contributed by atoms with E-state index in [9.17, 15) is 10.1 Å². The molecule has 4 aromatic rings. The van der Waals surface area contributed by atoms with Crippen LogP contribution in [0.1, 0.15) is 16.8 Å². The van der Waals surface area contributed by atoms with Crippen molar-refractivity contribution in [3.05, 3.63) is 105 Å². The lowest BCUT2D eigenvalue weighted by atomic mass is 10.1. The molecule has 0 unspecified atom stereocenters. The minimum Gasteiger partial charge on any atom is -0.471 e. The van der Waals surface area contributed by atoms with Gasteiger partial charge in [0.2, 0.25) is 5.88 Å². The van der Waals surface area contributed by atoms with E-state index in [2.05, 4.69) is 9.97 Å². The number of hydrogen-bond donors (Lipinski definition) is 0. The largest absolute Gasteiger partial charge is 0.471 e. The SMILES string of the molecule is O=[N+]([O-])c1cccc(C=Cc2nc3ccccc3nc2OCc2cccc(Cl)c2)c1. The highest BCUT2D eigenvalue weighted by Crippen LogP contribution is 2.23. The van der Waals surface area contributed by atoms with E-state index >= 15 is 0 Å². The molecule has 7 heteroatoms. The van der Waals surface area contributed by atoms with Gasteiger partial charge in [-0.15, -0.1) is 0 Å². The van der Waals surface area contributed by atoms with Gasteiger partial charge in [0, 0.05) is 17.2 Å². The van der Waals surface area contributed by atoms with Crippen molar-refractivity contribution < 1.29 is 9.66 Å². The maximum absolute atomic E-state index is 11.0. The number of rotatable bonds is 6. The van der Waals surface area contributed by atoms with Gasteiger partial charge in [0.25, 0.3) is 5.69 Å². The predicted octanol–water partition coefficient (Wildman–Crippen LogP) is 5.94. The lowest BCUT2D eigenvalue weighted by Gasteiger charge is -2.09. The highest BCUT2D eigenvalue weighted by Gasteiger charge is 2.09. The number of nitrogens with zero attached hydrogens (tertiary/aromatic N) is 3. The molecule has 0 bridgehead atoms. The molecular weight excluding hydrogens is 402 g/mol. The monoisotopic (exact) mass is 417 g/mol. The summed E-state index contributed by atoms with van der Waals surface area (Å²) in [5.74, 6) is 0.371. The number of para-hydroxylation sites is 2. The Morgan fingerprint density at radius 1 is 0.933 bits per heavy atom. The van der Waals surface area contributed by atoms with Crippen LogP contribution in [0, 0.1) is 10.1 Å². The van der Waals surface area contributed by atoms with Gasteiger partial charge >= 0.3 is 0 Å². The molecule has 0 aliphatic carbocycles. The summed E-state index contributed by atoms with van der Waals surface area (Å²) in [5, 5.41) is 11.6. The molecule has 30 heavy (non-hydrogen) atoms. The normalized spacial score (nSPS) is 11.1. The smallest absolute Gasteiger partial charge is 0.270 e. The minimum atomic E-state index is -0.424. The molecule has 0 saturated carbocycles. The number of aromatic nitrogens is 2. The van der Waals surface area contributed by atoms with Crippen molar-refractivity contribution in [1.82, 2.24) is 9.97 Å². The number of fused-ring (bicyclic) bond motifs is 1. The zero-order valence-corrected chi connectivity index (χ0v) is 16.5. The lowest BCUT2D eigenvalue weighted by molar-refractivity contribution is -0.384. The van der Waals surface area contributed by atoms with Crippen molar-refractivity contribution in [3.8, 4) is 5.88 Å². The van der Waals surface area contributed by atoms with Gasteiger partial charge in [-0.05, 0) is 41.5 Å². The number of halogens is 1. The number of ether oxygens (including phenoxy) is 1. The second-order valence-corrected chi connectivity index (χ2v) is 6.94. The zero-order valence-electron chi connectivity index (χ0n) is 15.7. The van der Waals surface area contributed by atoms with Crippen molar-refractivity contribution in [2.45, 2.75) is 6.61 Å². The van der Waals surface area contributed by atoms with Crippen LogP contribution in [-0.2, 0) is 6.61 Å². The molecule has 1 heterocycles. The van der Waals surface area contributed by atoms with Crippen LogP contribution >= 0.6 is 11.6 Å². The van der Waals surface area contributed by atoms with E-state index in [0.29, 0.717) is 27.7 Å². The molecule has 0 amide bonds. The Kier molecular flexibility index (Phi) is 5.68. The first-order valence-electron chi connectivity index (χ1n) is 9.15. The van der Waals surface area contributed by atoms with Gasteiger partial charge in [-0.3, -0.25) is 10.1 Å². The van der Waals surface area contributed by atoms with Crippen LogP contribution in [0.2, 0.25) is 5.02 Å². The fourth-order valence-electron chi connectivity index (χ4n) is 2.91. The second kappa shape index (κ2) is 8.71. The summed E-state index contributed by atoms with van der Waals surface area (Å²) < 4.78 is 5.94. The Morgan fingerprint density at radius 2 is 1.70 bits per heavy atom. The lowest BCUT2D eigenvalue weighted by Crippen LogP contribution is -2.01. The van der Waals surface area contributed by atoms with Gasteiger partial charge in [-0.2, -0.15) is 0 Å². The Bertz CT molecular complexity index is 1260. The first-order valence-corrected chi connectivity index (χ1v) is 9.53. The number of hydrogen-bond acceptors (Lipinski definition) is 5. The van der Waals surface area contributed by atoms with Crippen molar-refractivity contribution in [2.75, 3.05) is 0 Å². The number of non-ortho nitro benzene ring substituents is 1. The van der Waals surface area contributed by atoms with Crippen LogP contribution in [0.25, 0.3) is 23.2 Å². The number of benzene rings is 3. The minimum absolute atomic E-state index is 0.0270. The molecule has 0 spiro atoms. The van der Waals surface area contributed by atoms with Gasteiger partial charge in [0.15, 0.2) is 0 Å². The molecule has 1 aromatic heterocycles. The first-order chi connectivity index (χ1) is 14.6. The molecule has 0 atom stereocenters. The average molecular weight is 418 g/mol. The molecule has 4 rings (SSSR count). The van der Waals surface area contributed by atoms with E-state index in [-0.39, 0.29) is 12.3 Å². The van der Waals surface area contributed by atoms with E-state index in [4.69, 9.17) is 16.3 Å². The van der Waals surface area contributed by atoms with E-state index in [0.717, 1.165) is 11.1 Å². The fraction of sp³-hybridized carbons (Fsp3) is 0.0435. The van der Waals surface area contributed by atoms with Crippen molar-refractivity contribution in [2.24, 2.45) is 0 Å². The third-order valence-electron chi connectivity index (χ3n) is 4.34. The molecular formula is C23H16ClN3O3. The van der Waals surface area contributed by atoms with E-state index in [1.807, 2.05) is 42.5 Å². The molecule has 6 nitrogen and oxygen atoms in total. The third-order valence-corrected chi connectivity index (χ3v) is 4.58. The molecule has 0 aliphatic rings.